The third kappa shape index (κ3) is 7.44. The Kier molecular flexibility index (Phi) is 10.6. The van der Waals surface area contributed by atoms with Gasteiger partial charge in [-0.1, -0.05) is 19.0 Å². The predicted octanol–water partition coefficient (Wildman–Crippen LogP) is 5.59. The monoisotopic (exact) mass is 600 g/mol. The number of nitrogens with zero attached hydrogens (tertiary/aromatic N) is 4. The number of carbonyl (C=O) groups excluding carboxylic acids is 1. The standard InChI is InChI=1S/C31H42FN4O6.CH3/c1-20(2)6-5-17-40-31(39)41-19-36(16-12-24-21(3)33-29-26(37)7-4-13-35(29)30(24)38)14-10-22(11-15-36)28-25-9-8-23(32)18-27(25)42-34-28;/h8-9,18,20,22,26,37H,4-7,10-17,19H2,1-3H3;1H3/q+1;-1. The highest BCUT2D eigenvalue weighted by Crippen LogP contribution is 2.35. The second kappa shape index (κ2) is 14.0. The van der Waals surface area contributed by atoms with Crippen molar-refractivity contribution >= 4 is 17.1 Å². The van der Waals surface area contributed by atoms with E-state index in [-0.39, 0.29) is 31.5 Å². The van der Waals surface area contributed by atoms with Gasteiger partial charge in [-0.2, -0.15) is 0 Å². The number of fused-ring (bicyclic) bond motifs is 2. The van der Waals surface area contributed by atoms with E-state index in [1.165, 1.54) is 12.1 Å². The number of quaternary nitrogens is 1. The molecule has 2 aliphatic rings. The summed E-state index contributed by atoms with van der Waals surface area (Å²) in [5, 5.41) is 15.5. The van der Waals surface area contributed by atoms with Crippen molar-refractivity contribution in [3.8, 4) is 0 Å². The Hall–Kier alpha value is -3.31. The van der Waals surface area contributed by atoms with Crippen molar-refractivity contribution in [2.24, 2.45) is 5.92 Å². The van der Waals surface area contributed by atoms with Gasteiger partial charge in [0.15, 0.2) is 5.58 Å². The smallest absolute Gasteiger partial charge is 0.434 e. The number of piperidine rings is 1. The molecule has 0 radical (unpaired) electrons. The fourth-order valence-corrected chi connectivity index (χ4v) is 6.31. The van der Waals surface area contributed by atoms with Gasteiger partial charge in [0.25, 0.3) is 5.56 Å². The number of rotatable bonds is 10. The number of hydrogen-bond acceptors (Lipinski definition) is 8. The first kappa shape index (κ1) is 32.6. The maximum absolute atomic E-state index is 13.7. The third-order valence-electron chi connectivity index (χ3n) is 8.85. The molecule has 0 saturated carbocycles. The number of hydrogen-bond donors (Lipinski definition) is 1. The number of carbonyl (C=O) groups is 1. The Morgan fingerprint density at radius 3 is 2.74 bits per heavy atom. The van der Waals surface area contributed by atoms with E-state index in [9.17, 15) is 19.1 Å². The minimum Gasteiger partial charge on any atom is -0.434 e. The molecular weight excluding hydrogens is 555 g/mol. The van der Waals surface area contributed by atoms with E-state index >= 15 is 0 Å². The highest BCUT2D eigenvalue weighted by molar-refractivity contribution is 5.79. The Morgan fingerprint density at radius 1 is 1.23 bits per heavy atom. The highest BCUT2D eigenvalue weighted by atomic mass is 19.1. The Balaban J connectivity index is 0.00000423. The largest absolute Gasteiger partial charge is 0.512 e. The van der Waals surface area contributed by atoms with Crippen LogP contribution in [-0.4, -0.2) is 63.4 Å². The van der Waals surface area contributed by atoms with Gasteiger partial charge in [0.2, 0.25) is 6.73 Å². The number of likely N-dealkylation sites (tertiary alicyclic amines) is 1. The Bertz CT molecular complexity index is 1460. The van der Waals surface area contributed by atoms with Crippen molar-refractivity contribution in [2.75, 3.05) is 33.0 Å². The summed E-state index contributed by atoms with van der Waals surface area (Å²) in [7, 11) is 0. The number of aliphatic hydroxyl groups excluding tert-OH is 1. The normalized spacial score (nSPS) is 21.8. The van der Waals surface area contributed by atoms with Crippen LogP contribution >= 0.6 is 0 Å². The summed E-state index contributed by atoms with van der Waals surface area (Å²) in [6, 6.07) is 4.48. The maximum Gasteiger partial charge on any atom is 0.512 e. The molecule has 10 nitrogen and oxygen atoms in total. The summed E-state index contributed by atoms with van der Waals surface area (Å²) in [6.07, 6.45) is 3.69. The molecule has 236 valence electrons. The van der Waals surface area contributed by atoms with Crippen LogP contribution in [0, 0.1) is 26.1 Å². The van der Waals surface area contributed by atoms with Crippen molar-refractivity contribution in [1.82, 2.24) is 14.7 Å². The number of benzene rings is 1. The second-order valence-electron chi connectivity index (χ2n) is 12.3. The van der Waals surface area contributed by atoms with Gasteiger partial charge >= 0.3 is 6.16 Å². The van der Waals surface area contributed by atoms with Crippen molar-refractivity contribution in [2.45, 2.75) is 84.3 Å². The lowest BCUT2D eigenvalue weighted by Gasteiger charge is -2.42. The van der Waals surface area contributed by atoms with Crippen LogP contribution < -0.4 is 5.56 Å². The topological polar surface area (TPSA) is 117 Å². The molecule has 0 amide bonds. The van der Waals surface area contributed by atoms with Crippen LogP contribution in [-0.2, 0) is 22.4 Å². The number of aryl methyl sites for hydroxylation is 1. The Morgan fingerprint density at radius 2 is 2.00 bits per heavy atom. The fourth-order valence-electron chi connectivity index (χ4n) is 6.31. The summed E-state index contributed by atoms with van der Waals surface area (Å²) >= 11 is 0. The van der Waals surface area contributed by atoms with E-state index in [1.807, 2.05) is 6.92 Å². The molecule has 0 spiro atoms. The molecule has 2 aromatic heterocycles. The molecule has 5 rings (SSSR count). The lowest BCUT2D eigenvalue weighted by atomic mass is 9.90. The minimum absolute atomic E-state index is 0. The van der Waals surface area contributed by atoms with Crippen LogP contribution in [0.15, 0.2) is 27.5 Å². The van der Waals surface area contributed by atoms with Crippen LogP contribution in [0.2, 0.25) is 0 Å². The molecule has 1 fully saturated rings. The second-order valence-corrected chi connectivity index (χ2v) is 12.3. The molecule has 2 aliphatic heterocycles. The molecule has 43 heavy (non-hydrogen) atoms. The molecule has 4 heterocycles. The number of ether oxygens (including phenoxy) is 2. The van der Waals surface area contributed by atoms with Crippen LogP contribution in [0.1, 0.15) is 87.2 Å². The number of aromatic nitrogens is 3. The molecule has 0 bridgehead atoms. The van der Waals surface area contributed by atoms with Crippen LogP contribution in [0.4, 0.5) is 9.18 Å². The zero-order valence-electron chi connectivity index (χ0n) is 25.8. The quantitative estimate of drug-likeness (QED) is 0.139. The summed E-state index contributed by atoms with van der Waals surface area (Å²) in [5.74, 6) is 0.732. The van der Waals surface area contributed by atoms with Gasteiger partial charge < -0.3 is 26.5 Å². The zero-order chi connectivity index (χ0) is 29.9. The first-order chi connectivity index (χ1) is 20.2. The SMILES string of the molecule is Cc1nc2n(c(=O)c1CC[N+]1(COC(=O)OCCCC(C)C)CCC(c3noc4cc(F)ccc34)CC1)CCCC2O.[CH3-]. The molecule has 1 saturated heterocycles. The van der Waals surface area contributed by atoms with Gasteiger partial charge in [-0.3, -0.25) is 13.8 Å². The van der Waals surface area contributed by atoms with E-state index in [1.54, 1.807) is 10.6 Å². The molecule has 1 N–H and O–H groups in total. The molecule has 3 aromatic rings. The summed E-state index contributed by atoms with van der Waals surface area (Å²) < 4.78 is 32.2. The summed E-state index contributed by atoms with van der Waals surface area (Å²) in [4.78, 5) is 30.5. The van der Waals surface area contributed by atoms with Crippen LogP contribution in [0.25, 0.3) is 11.0 Å². The van der Waals surface area contributed by atoms with Gasteiger partial charge in [-0.25, -0.2) is 14.2 Å². The van der Waals surface area contributed by atoms with Crippen LogP contribution in [0.5, 0.6) is 0 Å². The van der Waals surface area contributed by atoms with Crippen molar-refractivity contribution in [1.29, 1.82) is 0 Å². The van der Waals surface area contributed by atoms with E-state index in [0.29, 0.717) is 78.7 Å². The highest BCUT2D eigenvalue weighted by Gasteiger charge is 2.38. The maximum atomic E-state index is 13.7. The van der Waals surface area contributed by atoms with Gasteiger partial charge in [0.1, 0.15) is 17.7 Å². The van der Waals surface area contributed by atoms with Crippen molar-refractivity contribution in [3.63, 3.8) is 0 Å². The average Bonchev–Trinajstić information content (AvgIpc) is 3.38. The van der Waals surface area contributed by atoms with E-state index < -0.39 is 12.3 Å². The van der Waals surface area contributed by atoms with Crippen LogP contribution in [0.3, 0.4) is 0 Å². The Labute approximate surface area is 252 Å². The van der Waals surface area contributed by atoms with Crippen molar-refractivity contribution in [3.05, 3.63) is 64.6 Å². The zero-order valence-corrected chi connectivity index (χ0v) is 25.8. The molecule has 0 aliphatic carbocycles. The van der Waals surface area contributed by atoms with E-state index in [2.05, 4.69) is 24.0 Å². The van der Waals surface area contributed by atoms with Gasteiger partial charge in [-0.15, -0.1) is 0 Å². The molecular formula is C32H45FN4O6. The van der Waals surface area contributed by atoms with Gasteiger partial charge in [0.05, 0.1) is 31.9 Å². The van der Waals surface area contributed by atoms with Gasteiger partial charge in [0, 0.05) is 54.4 Å². The fraction of sp³-hybridized carbons (Fsp3) is 0.594. The first-order valence-corrected chi connectivity index (χ1v) is 15.1. The molecule has 11 heteroatoms. The third-order valence-corrected chi connectivity index (χ3v) is 8.85. The minimum atomic E-state index is -0.722. The first-order valence-electron chi connectivity index (χ1n) is 15.1. The predicted molar refractivity (Wildman–Crippen MR) is 160 cm³/mol. The lowest BCUT2D eigenvalue weighted by molar-refractivity contribution is -0.948. The molecule has 1 unspecified atom stereocenters. The summed E-state index contributed by atoms with van der Waals surface area (Å²) in [5.41, 5.74) is 2.41. The molecule has 1 aromatic carbocycles. The summed E-state index contributed by atoms with van der Waals surface area (Å²) in [6.45, 7) is 9.05. The number of aliphatic hydroxyl groups is 1. The van der Waals surface area contributed by atoms with E-state index in [4.69, 9.17) is 14.0 Å². The van der Waals surface area contributed by atoms with Crippen molar-refractivity contribution < 1.29 is 32.8 Å². The average molecular weight is 601 g/mol. The van der Waals surface area contributed by atoms with E-state index in [0.717, 1.165) is 43.2 Å². The lowest BCUT2D eigenvalue weighted by Crippen LogP contribution is -2.55. The van der Waals surface area contributed by atoms with Gasteiger partial charge in [-0.05, 0) is 50.7 Å². The molecule has 1 atom stereocenters. The number of halogens is 1.